The van der Waals surface area contributed by atoms with Gasteiger partial charge in [0.1, 0.15) is 0 Å². The van der Waals surface area contributed by atoms with Crippen LogP contribution in [0.3, 0.4) is 0 Å². The molecular formula is C16H24Ni2. The third-order valence-corrected chi connectivity index (χ3v) is 2.67. The minimum absolute atomic E-state index is 0. The second kappa shape index (κ2) is 16.9. The third-order valence-electron chi connectivity index (χ3n) is 2.67. The summed E-state index contributed by atoms with van der Waals surface area (Å²) in [5.74, 6) is 0. The molecule has 18 heavy (non-hydrogen) atoms. The Morgan fingerprint density at radius 1 is 0.278 bits per heavy atom. The van der Waals surface area contributed by atoms with Crippen molar-refractivity contribution in [2.45, 2.75) is 51.4 Å². The van der Waals surface area contributed by atoms with E-state index in [-0.39, 0.29) is 33.0 Å². The van der Waals surface area contributed by atoms with Gasteiger partial charge in [-0.1, -0.05) is 48.6 Å². The zero-order valence-corrected chi connectivity index (χ0v) is 12.9. The summed E-state index contributed by atoms with van der Waals surface area (Å²) in [5.41, 5.74) is 0. The van der Waals surface area contributed by atoms with Crippen LogP contribution in [-0.2, 0) is 33.0 Å². The predicted octanol–water partition coefficient (Wildman–Crippen LogP) is 5.34. The van der Waals surface area contributed by atoms with Gasteiger partial charge in [-0.25, -0.2) is 0 Å². The van der Waals surface area contributed by atoms with Crippen LogP contribution in [0, 0.1) is 0 Å². The molecule has 0 saturated heterocycles. The van der Waals surface area contributed by atoms with Crippen molar-refractivity contribution >= 4 is 0 Å². The smallest absolute Gasteiger partial charge is 0 e. The summed E-state index contributed by atoms with van der Waals surface area (Å²) >= 11 is 0. The summed E-state index contributed by atoms with van der Waals surface area (Å²) in [7, 11) is 0. The van der Waals surface area contributed by atoms with E-state index in [1.807, 2.05) is 0 Å². The number of rotatable bonds is 0. The fourth-order valence-corrected chi connectivity index (χ4v) is 1.71. The maximum absolute atomic E-state index is 2.27. The summed E-state index contributed by atoms with van der Waals surface area (Å²) < 4.78 is 0. The average molecular weight is 334 g/mol. The number of allylic oxidation sites excluding steroid dienone is 8. The fourth-order valence-electron chi connectivity index (χ4n) is 1.71. The van der Waals surface area contributed by atoms with E-state index in [0.29, 0.717) is 0 Å². The van der Waals surface area contributed by atoms with Gasteiger partial charge in [0.2, 0.25) is 0 Å². The molecule has 0 N–H and O–H groups in total. The molecule has 0 fully saturated rings. The zero-order chi connectivity index (χ0) is 11.3. The first-order valence-corrected chi connectivity index (χ1v) is 6.60. The average Bonchev–Trinajstić information content (AvgIpc) is 2.15. The Morgan fingerprint density at radius 3 is 0.500 bits per heavy atom. The molecule has 0 aromatic rings. The van der Waals surface area contributed by atoms with Crippen LogP contribution in [0.5, 0.6) is 0 Å². The van der Waals surface area contributed by atoms with E-state index in [0.717, 1.165) is 0 Å². The molecule has 0 bridgehead atoms. The fraction of sp³-hybridized carbons (Fsp3) is 0.500. The predicted molar refractivity (Wildman–Crippen MR) is 73.5 cm³/mol. The minimum atomic E-state index is 0. The van der Waals surface area contributed by atoms with E-state index in [1.54, 1.807) is 0 Å². The van der Waals surface area contributed by atoms with E-state index in [9.17, 15) is 0 Å². The molecule has 0 aliphatic heterocycles. The van der Waals surface area contributed by atoms with Crippen LogP contribution in [0.25, 0.3) is 0 Å². The monoisotopic (exact) mass is 332 g/mol. The van der Waals surface area contributed by atoms with E-state index in [4.69, 9.17) is 0 Å². The quantitative estimate of drug-likeness (QED) is 0.414. The van der Waals surface area contributed by atoms with Gasteiger partial charge in [0.15, 0.2) is 0 Å². The summed E-state index contributed by atoms with van der Waals surface area (Å²) in [6.45, 7) is 0. The number of hydrogen-bond donors (Lipinski definition) is 0. The Bertz CT molecular complexity index is 182. The van der Waals surface area contributed by atoms with Gasteiger partial charge in [-0.2, -0.15) is 0 Å². The Balaban J connectivity index is 0. The van der Waals surface area contributed by atoms with Crippen molar-refractivity contribution in [1.29, 1.82) is 0 Å². The van der Waals surface area contributed by atoms with Crippen molar-refractivity contribution in [1.82, 2.24) is 0 Å². The van der Waals surface area contributed by atoms with Gasteiger partial charge >= 0.3 is 0 Å². The molecule has 0 unspecified atom stereocenters. The molecule has 0 heterocycles. The molecule has 108 valence electrons. The van der Waals surface area contributed by atoms with Crippen molar-refractivity contribution in [3.05, 3.63) is 48.6 Å². The first-order valence-electron chi connectivity index (χ1n) is 6.60. The molecule has 0 saturated carbocycles. The van der Waals surface area contributed by atoms with Crippen molar-refractivity contribution < 1.29 is 33.0 Å². The second-order valence-corrected chi connectivity index (χ2v) is 4.20. The topological polar surface area (TPSA) is 0 Å². The third kappa shape index (κ3) is 14.0. The SMILES string of the molecule is C1=CCC/C=C\CC1.C1=CCC/C=C\CC1.[Ni].[Ni]. The Morgan fingerprint density at radius 2 is 0.389 bits per heavy atom. The van der Waals surface area contributed by atoms with Crippen LogP contribution in [0.4, 0.5) is 0 Å². The van der Waals surface area contributed by atoms with Gasteiger partial charge < -0.3 is 0 Å². The number of hydrogen-bond acceptors (Lipinski definition) is 0. The summed E-state index contributed by atoms with van der Waals surface area (Å²) in [4.78, 5) is 0. The molecule has 0 aromatic carbocycles. The molecule has 2 heteroatoms. The minimum Gasteiger partial charge on any atom is -0.0882 e. The molecule has 0 amide bonds. The van der Waals surface area contributed by atoms with Crippen LogP contribution < -0.4 is 0 Å². The van der Waals surface area contributed by atoms with Gasteiger partial charge in [0, 0.05) is 33.0 Å². The van der Waals surface area contributed by atoms with Gasteiger partial charge in [0.25, 0.3) is 0 Å². The molecule has 0 aromatic heterocycles. The summed E-state index contributed by atoms with van der Waals surface area (Å²) in [6, 6.07) is 0. The first kappa shape index (κ1) is 20.3. The van der Waals surface area contributed by atoms with E-state index in [1.165, 1.54) is 51.4 Å². The van der Waals surface area contributed by atoms with Gasteiger partial charge in [-0.05, 0) is 51.4 Å². The molecule has 2 aliphatic carbocycles. The Hall–Kier alpha value is -0.0530. The van der Waals surface area contributed by atoms with Crippen molar-refractivity contribution in [2.75, 3.05) is 0 Å². The molecule has 0 spiro atoms. The maximum Gasteiger partial charge on any atom is 0 e. The molecule has 2 rings (SSSR count). The van der Waals surface area contributed by atoms with Crippen LogP contribution >= 0.6 is 0 Å². The standard InChI is InChI=1S/2C8H12.2Ni/c2*1-2-4-6-8-7-5-3-1;;/h2*1-2,7-8H,3-6H2;;/b2*2-1-,8-7?;;. The van der Waals surface area contributed by atoms with Crippen LogP contribution in [0.15, 0.2) is 48.6 Å². The molecular weight excluding hydrogens is 310 g/mol. The van der Waals surface area contributed by atoms with Crippen molar-refractivity contribution in [3.8, 4) is 0 Å². The van der Waals surface area contributed by atoms with Gasteiger partial charge in [0.05, 0.1) is 0 Å². The summed E-state index contributed by atoms with van der Waals surface area (Å²) in [5, 5.41) is 0. The molecule has 0 radical (unpaired) electrons. The Labute approximate surface area is 133 Å². The molecule has 2 aliphatic rings. The van der Waals surface area contributed by atoms with E-state index >= 15 is 0 Å². The van der Waals surface area contributed by atoms with Crippen molar-refractivity contribution in [2.24, 2.45) is 0 Å². The van der Waals surface area contributed by atoms with Gasteiger partial charge in [-0.3, -0.25) is 0 Å². The largest absolute Gasteiger partial charge is 0.0882 e. The molecule has 0 atom stereocenters. The van der Waals surface area contributed by atoms with E-state index in [2.05, 4.69) is 48.6 Å². The zero-order valence-electron chi connectivity index (χ0n) is 10.9. The molecule has 0 nitrogen and oxygen atoms in total. The first-order chi connectivity index (χ1) is 8.00. The van der Waals surface area contributed by atoms with Crippen LogP contribution in [0.2, 0.25) is 0 Å². The normalized spacial score (nSPS) is 21.3. The summed E-state index contributed by atoms with van der Waals surface area (Å²) in [6.07, 6.45) is 28.0. The van der Waals surface area contributed by atoms with Gasteiger partial charge in [-0.15, -0.1) is 0 Å². The van der Waals surface area contributed by atoms with Crippen LogP contribution in [0.1, 0.15) is 51.4 Å². The van der Waals surface area contributed by atoms with E-state index < -0.39 is 0 Å². The maximum atomic E-state index is 2.27. The van der Waals surface area contributed by atoms with Crippen LogP contribution in [-0.4, -0.2) is 0 Å². The van der Waals surface area contributed by atoms with Crippen molar-refractivity contribution in [3.63, 3.8) is 0 Å². The Kier molecular flexibility index (Phi) is 19.1. The second-order valence-electron chi connectivity index (χ2n) is 4.20.